The molecule has 0 saturated carbocycles. The van der Waals surface area contributed by atoms with Crippen LogP contribution < -0.4 is 10.6 Å². The molecule has 1 fully saturated rings. The third-order valence-electron chi connectivity index (χ3n) is 3.75. The number of nitrogens with zero attached hydrogens (tertiary/aromatic N) is 1. The molecule has 0 aromatic heterocycles. The van der Waals surface area contributed by atoms with E-state index in [-0.39, 0.29) is 24.8 Å². The number of carbonyl (C=O) groups excluding carboxylic acids is 3. The van der Waals surface area contributed by atoms with Crippen molar-refractivity contribution in [3.63, 3.8) is 0 Å². The number of halogens is 1. The summed E-state index contributed by atoms with van der Waals surface area (Å²) >= 11 is 5.90. The number of esters is 1. The van der Waals surface area contributed by atoms with E-state index in [1.165, 1.54) is 7.11 Å². The quantitative estimate of drug-likeness (QED) is 0.719. The Morgan fingerprint density at radius 1 is 1.46 bits per heavy atom. The summed E-state index contributed by atoms with van der Waals surface area (Å²) in [5.41, 5.74) is 0.887. The maximum atomic E-state index is 12.1. The number of ether oxygens (including phenoxy) is 1. The molecular formula is C16H20ClN3O4. The number of hydrogen-bond acceptors (Lipinski definition) is 5. The van der Waals surface area contributed by atoms with Crippen LogP contribution in [0.1, 0.15) is 12.0 Å². The second kappa shape index (κ2) is 8.65. The lowest BCUT2D eigenvalue weighted by Gasteiger charge is -2.33. The van der Waals surface area contributed by atoms with E-state index in [9.17, 15) is 14.4 Å². The molecule has 2 amide bonds. The molecule has 0 aliphatic carbocycles. The van der Waals surface area contributed by atoms with Crippen LogP contribution in [0.2, 0.25) is 5.02 Å². The van der Waals surface area contributed by atoms with Crippen molar-refractivity contribution in [2.45, 2.75) is 19.0 Å². The third kappa shape index (κ3) is 5.21. The summed E-state index contributed by atoms with van der Waals surface area (Å²) in [6, 6.07) is 6.52. The molecule has 0 radical (unpaired) electrons. The number of carbonyl (C=O) groups is 3. The molecule has 1 saturated heterocycles. The van der Waals surface area contributed by atoms with Gasteiger partial charge in [0.05, 0.1) is 20.1 Å². The van der Waals surface area contributed by atoms with Crippen molar-refractivity contribution in [2.24, 2.45) is 0 Å². The second-order valence-corrected chi connectivity index (χ2v) is 5.90. The average Bonchev–Trinajstić information content (AvgIpc) is 2.56. The van der Waals surface area contributed by atoms with Crippen molar-refractivity contribution in [1.29, 1.82) is 0 Å². The molecule has 1 aromatic rings. The number of methoxy groups -OCH3 is 1. The Morgan fingerprint density at radius 2 is 2.25 bits per heavy atom. The highest BCUT2D eigenvalue weighted by atomic mass is 35.5. The second-order valence-electron chi connectivity index (χ2n) is 5.46. The smallest absolute Gasteiger partial charge is 0.307 e. The van der Waals surface area contributed by atoms with Crippen molar-refractivity contribution >= 4 is 29.4 Å². The van der Waals surface area contributed by atoms with Gasteiger partial charge in [0, 0.05) is 24.7 Å². The number of hydrogen-bond donors (Lipinski definition) is 2. The Morgan fingerprint density at radius 3 is 2.96 bits per heavy atom. The summed E-state index contributed by atoms with van der Waals surface area (Å²) in [5.74, 6) is -0.977. The summed E-state index contributed by atoms with van der Waals surface area (Å²) in [5, 5.41) is 6.09. The fourth-order valence-corrected chi connectivity index (χ4v) is 2.72. The topological polar surface area (TPSA) is 87.7 Å². The largest absolute Gasteiger partial charge is 0.469 e. The van der Waals surface area contributed by atoms with Crippen LogP contribution in [0.5, 0.6) is 0 Å². The highest BCUT2D eigenvalue weighted by Crippen LogP contribution is 2.11. The minimum atomic E-state index is -0.692. The van der Waals surface area contributed by atoms with Gasteiger partial charge in [-0.3, -0.25) is 19.3 Å². The third-order valence-corrected chi connectivity index (χ3v) is 3.99. The molecule has 2 rings (SSSR count). The first-order chi connectivity index (χ1) is 11.5. The first-order valence-electron chi connectivity index (χ1n) is 7.59. The predicted octanol–water partition coefficient (Wildman–Crippen LogP) is 0.320. The zero-order valence-corrected chi connectivity index (χ0v) is 14.1. The molecule has 24 heavy (non-hydrogen) atoms. The van der Waals surface area contributed by atoms with E-state index in [0.717, 1.165) is 5.56 Å². The number of piperazine rings is 1. The van der Waals surface area contributed by atoms with Gasteiger partial charge in [-0.05, 0) is 17.7 Å². The Labute approximate surface area is 145 Å². The molecule has 7 nitrogen and oxygen atoms in total. The summed E-state index contributed by atoms with van der Waals surface area (Å²) in [4.78, 5) is 37.2. The molecule has 130 valence electrons. The predicted molar refractivity (Wildman–Crippen MR) is 88.3 cm³/mol. The first kappa shape index (κ1) is 18.2. The molecule has 0 bridgehead atoms. The van der Waals surface area contributed by atoms with Gasteiger partial charge in [-0.1, -0.05) is 23.7 Å². The highest BCUT2D eigenvalue weighted by molar-refractivity contribution is 6.30. The fourth-order valence-electron chi connectivity index (χ4n) is 2.50. The van der Waals surface area contributed by atoms with Gasteiger partial charge in [-0.15, -0.1) is 0 Å². The van der Waals surface area contributed by atoms with E-state index in [4.69, 9.17) is 11.6 Å². The van der Waals surface area contributed by atoms with E-state index in [2.05, 4.69) is 15.4 Å². The Bertz CT molecular complexity index is 623. The van der Waals surface area contributed by atoms with Gasteiger partial charge in [0.25, 0.3) is 0 Å². The minimum absolute atomic E-state index is 0.0373. The van der Waals surface area contributed by atoms with E-state index in [1.807, 2.05) is 12.1 Å². The number of nitrogens with one attached hydrogen (secondary N) is 2. The van der Waals surface area contributed by atoms with E-state index < -0.39 is 12.0 Å². The molecule has 1 aromatic carbocycles. The zero-order chi connectivity index (χ0) is 17.5. The van der Waals surface area contributed by atoms with Gasteiger partial charge in [-0.2, -0.15) is 0 Å². The Hall–Kier alpha value is -2.12. The Kier molecular flexibility index (Phi) is 6.57. The number of amides is 2. The van der Waals surface area contributed by atoms with E-state index in [0.29, 0.717) is 24.7 Å². The number of rotatable bonds is 6. The van der Waals surface area contributed by atoms with Gasteiger partial charge in [0.2, 0.25) is 11.8 Å². The Balaban J connectivity index is 1.90. The average molecular weight is 354 g/mol. The van der Waals surface area contributed by atoms with Crippen molar-refractivity contribution in [1.82, 2.24) is 15.5 Å². The van der Waals surface area contributed by atoms with Crippen LogP contribution in [0.25, 0.3) is 0 Å². The molecule has 2 N–H and O–H groups in total. The van der Waals surface area contributed by atoms with Crippen LogP contribution in [0.4, 0.5) is 0 Å². The summed E-state index contributed by atoms with van der Waals surface area (Å²) < 4.78 is 4.61. The lowest BCUT2D eigenvalue weighted by Crippen LogP contribution is -2.57. The molecular weight excluding hydrogens is 334 g/mol. The molecule has 1 aliphatic rings. The zero-order valence-electron chi connectivity index (χ0n) is 13.4. The molecule has 1 atom stereocenters. The maximum Gasteiger partial charge on any atom is 0.307 e. The van der Waals surface area contributed by atoms with E-state index in [1.54, 1.807) is 17.0 Å². The SMILES string of the molecule is COC(=O)C[C@@H]1C(=O)NCCN1CC(=O)NCc1cccc(Cl)c1. The molecule has 1 heterocycles. The van der Waals surface area contributed by atoms with Gasteiger partial charge in [0.15, 0.2) is 0 Å². The van der Waals surface area contributed by atoms with Crippen LogP contribution in [-0.4, -0.2) is 55.5 Å². The van der Waals surface area contributed by atoms with Crippen LogP contribution in [0.15, 0.2) is 24.3 Å². The summed E-state index contributed by atoms with van der Waals surface area (Å²) in [6.07, 6.45) is -0.0795. The van der Waals surface area contributed by atoms with Crippen LogP contribution in [-0.2, 0) is 25.7 Å². The van der Waals surface area contributed by atoms with Crippen molar-refractivity contribution in [2.75, 3.05) is 26.7 Å². The lowest BCUT2D eigenvalue weighted by molar-refractivity contribution is -0.146. The standard InChI is InChI=1S/C16H20ClN3O4/c1-24-15(22)8-13-16(23)18-5-6-20(13)10-14(21)19-9-11-3-2-4-12(17)7-11/h2-4,7,13H,5-6,8-10H2,1H3,(H,18,23)(H,19,21)/t13-/m1/s1. The van der Waals surface area contributed by atoms with Gasteiger partial charge in [0.1, 0.15) is 6.04 Å². The van der Waals surface area contributed by atoms with Gasteiger partial charge < -0.3 is 15.4 Å². The van der Waals surface area contributed by atoms with Crippen molar-refractivity contribution in [3.8, 4) is 0 Å². The summed E-state index contributed by atoms with van der Waals surface area (Å²) in [6.45, 7) is 1.33. The molecule has 1 aliphatic heterocycles. The van der Waals surface area contributed by atoms with Gasteiger partial charge >= 0.3 is 5.97 Å². The molecule has 0 unspecified atom stereocenters. The normalized spacial score (nSPS) is 17.9. The van der Waals surface area contributed by atoms with Crippen LogP contribution in [0, 0.1) is 0 Å². The molecule has 0 spiro atoms. The monoisotopic (exact) mass is 353 g/mol. The van der Waals surface area contributed by atoms with Crippen molar-refractivity contribution < 1.29 is 19.1 Å². The van der Waals surface area contributed by atoms with Crippen LogP contribution in [0.3, 0.4) is 0 Å². The first-order valence-corrected chi connectivity index (χ1v) is 7.97. The van der Waals surface area contributed by atoms with E-state index >= 15 is 0 Å². The lowest BCUT2D eigenvalue weighted by atomic mass is 10.1. The van der Waals surface area contributed by atoms with Crippen LogP contribution >= 0.6 is 11.6 Å². The van der Waals surface area contributed by atoms with Crippen molar-refractivity contribution in [3.05, 3.63) is 34.9 Å². The summed E-state index contributed by atoms with van der Waals surface area (Å²) in [7, 11) is 1.27. The number of benzene rings is 1. The fraction of sp³-hybridized carbons (Fsp3) is 0.438. The highest BCUT2D eigenvalue weighted by Gasteiger charge is 2.32. The minimum Gasteiger partial charge on any atom is -0.469 e. The molecule has 8 heteroatoms. The maximum absolute atomic E-state index is 12.1. The van der Waals surface area contributed by atoms with Gasteiger partial charge in [-0.25, -0.2) is 0 Å².